The zero-order valence-electron chi connectivity index (χ0n) is 13.1. The molecule has 0 saturated heterocycles. The number of H-pyrrole nitrogens is 1. The van der Waals surface area contributed by atoms with Gasteiger partial charge in [0.05, 0.1) is 17.6 Å². The lowest BCUT2D eigenvalue weighted by Crippen LogP contribution is -1.97. The Morgan fingerprint density at radius 3 is 2.57 bits per heavy atom. The molecular formula is C18H18N2O2S. The van der Waals surface area contributed by atoms with Crippen LogP contribution >= 0.6 is 12.2 Å². The fourth-order valence-corrected chi connectivity index (χ4v) is 2.92. The fraction of sp³-hybridized carbons (Fsp3) is 0.222. The average molecular weight is 326 g/mol. The molecule has 2 aromatic carbocycles. The van der Waals surface area contributed by atoms with E-state index in [1.165, 1.54) is 0 Å². The van der Waals surface area contributed by atoms with E-state index in [4.69, 9.17) is 17.0 Å². The van der Waals surface area contributed by atoms with Gasteiger partial charge in [-0.1, -0.05) is 6.92 Å². The van der Waals surface area contributed by atoms with Gasteiger partial charge in [-0.15, -0.1) is 0 Å². The molecule has 0 unspecified atom stereocenters. The summed E-state index contributed by atoms with van der Waals surface area (Å²) in [5.41, 5.74) is 3.48. The Bertz CT molecular complexity index is 907. The molecule has 5 heteroatoms. The van der Waals surface area contributed by atoms with Crippen molar-refractivity contribution in [2.75, 3.05) is 6.61 Å². The summed E-state index contributed by atoms with van der Waals surface area (Å²) in [6.45, 7) is 4.46. The van der Waals surface area contributed by atoms with Crippen LogP contribution in [-0.4, -0.2) is 21.9 Å². The number of fused-ring (bicyclic) bond motifs is 1. The molecule has 118 valence electrons. The zero-order valence-corrected chi connectivity index (χ0v) is 13.9. The average Bonchev–Trinajstić information content (AvgIpc) is 2.90. The number of ether oxygens (including phenoxy) is 1. The van der Waals surface area contributed by atoms with Gasteiger partial charge in [0, 0.05) is 17.7 Å². The third-order valence-electron chi connectivity index (χ3n) is 3.73. The van der Waals surface area contributed by atoms with E-state index in [-0.39, 0.29) is 5.78 Å². The van der Waals surface area contributed by atoms with Crippen molar-refractivity contribution in [3.8, 4) is 11.4 Å². The summed E-state index contributed by atoms with van der Waals surface area (Å²) in [7, 11) is 0. The van der Waals surface area contributed by atoms with Gasteiger partial charge in [-0.3, -0.25) is 9.36 Å². The number of carbonyl (C=O) groups is 1. The van der Waals surface area contributed by atoms with Gasteiger partial charge in [-0.25, -0.2) is 0 Å². The number of hydrogen-bond donors (Lipinski definition) is 1. The second-order valence-electron chi connectivity index (χ2n) is 5.20. The maximum atomic E-state index is 11.9. The van der Waals surface area contributed by atoms with E-state index in [9.17, 15) is 4.79 Å². The van der Waals surface area contributed by atoms with Crippen LogP contribution in [0.25, 0.3) is 16.7 Å². The Morgan fingerprint density at radius 1 is 1.17 bits per heavy atom. The van der Waals surface area contributed by atoms with Crippen molar-refractivity contribution in [2.45, 2.75) is 20.3 Å². The number of aromatic nitrogens is 2. The number of aromatic amines is 1. The Morgan fingerprint density at radius 2 is 1.91 bits per heavy atom. The molecule has 0 spiro atoms. The highest BCUT2D eigenvalue weighted by Gasteiger charge is 2.10. The predicted molar refractivity (Wildman–Crippen MR) is 94.3 cm³/mol. The van der Waals surface area contributed by atoms with Crippen molar-refractivity contribution in [3.63, 3.8) is 0 Å². The fourth-order valence-electron chi connectivity index (χ4n) is 2.60. The van der Waals surface area contributed by atoms with Gasteiger partial charge in [0.1, 0.15) is 5.75 Å². The van der Waals surface area contributed by atoms with Crippen molar-refractivity contribution >= 4 is 29.0 Å². The quantitative estimate of drug-likeness (QED) is 0.547. The van der Waals surface area contributed by atoms with Crippen LogP contribution in [0.15, 0.2) is 42.5 Å². The van der Waals surface area contributed by atoms with E-state index in [0.717, 1.165) is 22.5 Å². The second-order valence-corrected chi connectivity index (χ2v) is 5.59. The number of hydrogen-bond acceptors (Lipinski definition) is 3. The van der Waals surface area contributed by atoms with Gasteiger partial charge in [-0.05, 0) is 61.6 Å². The third kappa shape index (κ3) is 2.92. The second kappa shape index (κ2) is 6.38. The molecule has 4 nitrogen and oxygen atoms in total. The first-order valence-electron chi connectivity index (χ1n) is 7.65. The Labute approximate surface area is 139 Å². The van der Waals surface area contributed by atoms with Crippen LogP contribution in [0.2, 0.25) is 0 Å². The summed E-state index contributed by atoms with van der Waals surface area (Å²) in [4.78, 5) is 15.0. The number of nitrogens with one attached hydrogen (secondary N) is 1. The van der Waals surface area contributed by atoms with Crippen LogP contribution in [0.1, 0.15) is 30.6 Å². The SMILES string of the molecule is CCOc1ccc(-n2c(=S)[nH]c3cc(C(=O)CC)ccc32)cc1. The van der Waals surface area contributed by atoms with Crippen LogP contribution in [0.4, 0.5) is 0 Å². The van der Waals surface area contributed by atoms with E-state index in [1.54, 1.807) is 0 Å². The number of nitrogens with zero attached hydrogens (tertiary/aromatic N) is 1. The normalized spacial score (nSPS) is 10.9. The molecule has 0 fully saturated rings. The summed E-state index contributed by atoms with van der Waals surface area (Å²) >= 11 is 5.45. The van der Waals surface area contributed by atoms with Crippen LogP contribution in [-0.2, 0) is 0 Å². The van der Waals surface area contributed by atoms with Crippen molar-refractivity contribution < 1.29 is 9.53 Å². The number of rotatable bonds is 5. The Balaban J connectivity index is 2.09. The number of Topliss-reactive ketones (excluding diaryl/α,β-unsaturated/α-hetero) is 1. The molecule has 0 bridgehead atoms. The van der Waals surface area contributed by atoms with Gasteiger partial charge in [0.2, 0.25) is 0 Å². The van der Waals surface area contributed by atoms with Gasteiger partial charge in [-0.2, -0.15) is 0 Å². The van der Waals surface area contributed by atoms with Gasteiger partial charge in [0.15, 0.2) is 10.6 Å². The first-order valence-corrected chi connectivity index (χ1v) is 8.06. The standard InChI is InChI=1S/C18H18N2O2S/c1-3-17(21)12-5-10-16-15(11-12)19-18(23)20(16)13-6-8-14(9-7-13)22-4-2/h5-11H,3-4H2,1-2H3,(H,19,23). The lowest BCUT2D eigenvalue weighted by Gasteiger charge is -2.07. The molecule has 0 saturated carbocycles. The number of imidazole rings is 1. The molecule has 0 aliphatic heterocycles. The van der Waals surface area contributed by atoms with E-state index in [0.29, 0.717) is 23.4 Å². The first-order chi connectivity index (χ1) is 11.1. The molecule has 0 aliphatic rings. The molecule has 3 aromatic rings. The monoisotopic (exact) mass is 326 g/mol. The van der Waals surface area contributed by atoms with Crippen molar-refractivity contribution in [1.29, 1.82) is 0 Å². The molecule has 3 rings (SSSR count). The van der Waals surface area contributed by atoms with E-state index in [1.807, 2.05) is 60.9 Å². The molecule has 0 atom stereocenters. The Hall–Kier alpha value is -2.40. The summed E-state index contributed by atoms with van der Waals surface area (Å²) in [5.74, 6) is 0.957. The minimum atomic E-state index is 0.125. The summed E-state index contributed by atoms with van der Waals surface area (Å²) in [6, 6.07) is 13.4. The van der Waals surface area contributed by atoms with Crippen molar-refractivity contribution in [2.24, 2.45) is 0 Å². The van der Waals surface area contributed by atoms with Crippen molar-refractivity contribution in [3.05, 3.63) is 52.8 Å². The minimum absolute atomic E-state index is 0.125. The maximum absolute atomic E-state index is 11.9. The third-order valence-corrected chi connectivity index (χ3v) is 4.02. The lowest BCUT2D eigenvalue weighted by molar-refractivity contribution is 0.0988. The largest absolute Gasteiger partial charge is 0.494 e. The highest BCUT2D eigenvalue weighted by atomic mass is 32.1. The molecule has 23 heavy (non-hydrogen) atoms. The van der Waals surface area contributed by atoms with E-state index in [2.05, 4.69) is 4.98 Å². The Kier molecular flexibility index (Phi) is 4.30. The number of benzene rings is 2. The summed E-state index contributed by atoms with van der Waals surface area (Å²) in [5, 5.41) is 0. The number of carbonyl (C=O) groups excluding carboxylic acids is 1. The highest BCUT2D eigenvalue weighted by Crippen LogP contribution is 2.23. The summed E-state index contributed by atoms with van der Waals surface area (Å²) < 4.78 is 8.03. The smallest absolute Gasteiger partial charge is 0.182 e. The summed E-state index contributed by atoms with van der Waals surface area (Å²) in [6.07, 6.45) is 0.492. The van der Waals surface area contributed by atoms with Crippen molar-refractivity contribution in [1.82, 2.24) is 9.55 Å². The molecule has 1 N–H and O–H groups in total. The van der Waals surface area contributed by atoms with Crippen LogP contribution < -0.4 is 4.74 Å². The lowest BCUT2D eigenvalue weighted by atomic mass is 10.1. The predicted octanol–water partition coefficient (Wildman–Crippen LogP) is 4.68. The molecular weight excluding hydrogens is 308 g/mol. The molecule has 0 radical (unpaired) electrons. The van der Waals surface area contributed by atoms with E-state index >= 15 is 0 Å². The number of ketones is 1. The van der Waals surface area contributed by atoms with Crippen LogP contribution in [0, 0.1) is 4.77 Å². The molecule has 1 aromatic heterocycles. The minimum Gasteiger partial charge on any atom is -0.494 e. The maximum Gasteiger partial charge on any atom is 0.182 e. The highest BCUT2D eigenvalue weighted by molar-refractivity contribution is 7.71. The topological polar surface area (TPSA) is 47.0 Å². The van der Waals surface area contributed by atoms with Crippen LogP contribution in [0.3, 0.4) is 0 Å². The molecule has 0 aliphatic carbocycles. The van der Waals surface area contributed by atoms with Gasteiger partial charge in [0.25, 0.3) is 0 Å². The van der Waals surface area contributed by atoms with Crippen LogP contribution in [0.5, 0.6) is 5.75 Å². The molecule has 1 heterocycles. The zero-order chi connectivity index (χ0) is 16.4. The van der Waals surface area contributed by atoms with Gasteiger partial charge < -0.3 is 9.72 Å². The van der Waals surface area contributed by atoms with Gasteiger partial charge >= 0.3 is 0 Å². The molecule has 0 amide bonds. The first kappa shape index (κ1) is 15.5. The van der Waals surface area contributed by atoms with E-state index < -0.39 is 0 Å².